The Morgan fingerprint density at radius 3 is 0.824 bits per heavy atom. The molecule has 0 aliphatic heterocycles. The van der Waals surface area contributed by atoms with Gasteiger partial charge >= 0.3 is 17.9 Å². The zero-order valence-electron chi connectivity index (χ0n) is 48.6. The monoisotopic (exact) mass is 1030 g/mol. The van der Waals surface area contributed by atoms with Crippen LogP contribution in [0.4, 0.5) is 0 Å². The van der Waals surface area contributed by atoms with E-state index in [0.717, 1.165) is 116 Å². The minimum Gasteiger partial charge on any atom is -0.462 e. The molecular formula is C68H116O6. The van der Waals surface area contributed by atoms with Gasteiger partial charge in [0.15, 0.2) is 6.10 Å². The molecule has 0 amide bonds. The Kier molecular flexibility index (Phi) is 58.8. The Bertz CT molecular complexity index is 1460. The van der Waals surface area contributed by atoms with Crippen molar-refractivity contribution >= 4 is 17.9 Å². The van der Waals surface area contributed by atoms with Gasteiger partial charge in [0.25, 0.3) is 0 Å². The summed E-state index contributed by atoms with van der Waals surface area (Å²) in [6, 6.07) is 0. The molecule has 1 atom stereocenters. The minimum absolute atomic E-state index is 0.0816. The molecule has 0 rings (SSSR count). The fraction of sp³-hybridized carbons (Fsp3) is 0.721. The normalized spacial score (nSPS) is 12.7. The highest BCUT2D eigenvalue weighted by molar-refractivity contribution is 5.71. The van der Waals surface area contributed by atoms with Gasteiger partial charge in [-0.05, 0) is 103 Å². The quantitative estimate of drug-likeness (QED) is 0.0261. The molecule has 1 unspecified atom stereocenters. The molecule has 0 aromatic carbocycles. The summed E-state index contributed by atoms with van der Waals surface area (Å²) in [5.74, 6) is -0.896. The van der Waals surface area contributed by atoms with Gasteiger partial charge in [0.05, 0.1) is 0 Å². The summed E-state index contributed by atoms with van der Waals surface area (Å²) in [5, 5.41) is 0. The predicted molar refractivity (Wildman–Crippen MR) is 320 cm³/mol. The number of allylic oxidation sites excluding steroid dienone is 16. The lowest BCUT2D eigenvalue weighted by molar-refractivity contribution is -0.167. The van der Waals surface area contributed by atoms with E-state index in [0.29, 0.717) is 19.3 Å². The Morgan fingerprint density at radius 1 is 0.284 bits per heavy atom. The average molecular weight is 1030 g/mol. The topological polar surface area (TPSA) is 78.9 Å². The molecule has 0 heterocycles. The first-order chi connectivity index (χ1) is 36.5. The van der Waals surface area contributed by atoms with Crippen molar-refractivity contribution in [2.45, 2.75) is 303 Å². The third kappa shape index (κ3) is 59.2. The third-order valence-corrected chi connectivity index (χ3v) is 13.3. The lowest BCUT2D eigenvalue weighted by Gasteiger charge is -2.18. The highest BCUT2D eigenvalue weighted by Crippen LogP contribution is 2.16. The molecule has 6 nitrogen and oxygen atoms in total. The van der Waals surface area contributed by atoms with Gasteiger partial charge in [-0.25, -0.2) is 0 Å². The van der Waals surface area contributed by atoms with Crippen LogP contribution in [0.25, 0.3) is 0 Å². The van der Waals surface area contributed by atoms with Crippen molar-refractivity contribution in [2.24, 2.45) is 0 Å². The molecule has 0 spiro atoms. The lowest BCUT2D eigenvalue weighted by atomic mass is 10.0. The average Bonchev–Trinajstić information content (AvgIpc) is 3.40. The molecule has 0 aromatic rings. The SMILES string of the molecule is CC/C=C\C/C=C\C/C=C\C/C=C\C/C=C\C/C=C\CCCCCCCCC(=O)OCC(COC(=O)CCCCCCCCCC)OC(=O)CCCCCCCCCCCCC/C=C\C/C=C\CCCCCCC. The Balaban J connectivity index is 4.24. The van der Waals surface area contributed by atoms with E-state index in [1.807, 2.05) is 0 Å². The fourth-order valence-electron chi connectivity index (χ4n) is 8.65. The standard InChI is InChI=1S/C68H116O6/c1-4-7-10-13-16-19-21-23-25-27-29-31-33-34-36-37-39-41-43-45-47-49-52-55-58-61-67(70)73-64-65(63-72-66(69)60-57-54-51-18-15-12-9-6-3)74-68(71)62-59-56-53-50-48-46-44-42-40-38-35-32-30-28-26-24-22-20-17-14-11-8-5-2/h7,10,16,19,22-25,28-31,34,36,39,41,65H,4-6,8-9,11-15,17-18,20-21,26-27,32-33,35,37-38,40,42-64H2,1-3H3/b10-7-,19-16-,24-22-,25-23-,30-28-,31-29-,36-34-,41-39-. The van der Waals surface area contributed by atoms with Crippen LogP contribution in [0.15, 0.2) is 97.2 Å². The summed E-state index contributed by atoms with van der Waals surface area (Å²) in [5.41, 5.74) is 0. The maximum absolute atomic E-state index is 12.9. The zero-order chi connectivity index (χ0) is 53.6. The van der Waals surface area contributed by atoms with Gasteiger partial charge in [0.1, 0.15) is 13.2 Å². The maximum atomic E-state index is 12.9. The van der Waals surface area contributed by atoms with Crippen molar-refractivity contribution in [3.8, 4) is 0 Å². The maximum Gasteiger partial charge on any atom is 0.306 e. The largest absolute Gasteiger partial charge is 0.462 e. The molecule has 0 aromatic heterocycles. The van der Waals surface area contributed by atoms with E-state index in [2.05, 4.69) is 118 Å². The fourth-order valence-corrected chi connectivity index (χ4v) is 8.65. The number of hydrogen-bond acceptors (Lipinski definition) is 6. The molecule has 0 aliphatic carbocycles. The van der Waals surface area contributed by atoms with Crippen molar-refractivity contribution in [2.75, 3.05) is 13.2 Å². The van der Waals surface area contributed by atoms with Gasteiger partial charge < -0.3 is 14.2 Å². The number of unbranched alkanes of at least 4 members (excludes halogenated alkanes) is 29. The first-order valence-corrected chi connectivity index (χ1v) is 31.2. The van der Waals surface area contributed by atoms with Gasteiger partial charge in [-0.2, -0.15) is 0 Å². The van der Waals surface area contributed by atoms with Gasteiger partial charge in [0, 0.05) is 19.3 Å². The van der Waals surface area contributed by atoms with Crippen molar-refractivity contribution in [3.05, 3.63) is 97.2 Å². The number of carbonyl (C=O) groups excluding carboxylic acids is 3. The number of ether oxygens (including phenoxy) is 3. The van der Waals surface area contributed by atoms with E-state index in [4.69, 9.17) is 14.2 Å². The number of esters is 3. The molecule has 0 saturated carbocycles. The zero-order valence-corrected chi connectivity index (χ0v) is 48.6. The Morgan fingerprint density at radius 2 is 0.527 bits per heavy atom. The summed E-state index contributed by atoms with van der Waals surface area (Å²) in [4.78, 5) is 38.1. The number of carbonyl (C=O) groups is 3. The van der Waals surface area contributed by atoms with Gasteiger partial charge in [0.2, 0.25) is 0 Å². The summed E-state index contributed by atoms with van der Waals surface area (Å²) < 4.78 is 16.8. The van der Waals surface area contributed by atoms with E-state index in [1.165, 1.54) is 141 Å². The highest BCUT2D eigenvalue weighted by Gasteiger charge is 2.19. The molecule has 0 bridgehead atoms. The van der Waals surface area contributed by atoms with Crippen molar-refractivity contribution in [3.63, 3.8) is 0 Å². The van der Waals surface area contributed by atoms with Crippen LogP contribution in [0.5, 0.6) is 0 Å². The Labute approximate surface area is 457 Å². The van der Waals surface area contributed by atoms with Crippen LogP contribution < -0.4 is 0 Å². The molecule has 424 valence electrons. The molecule has 0 saturated heterocycles. The molecular weight excluding hydrogens is 913 g/mol. The van der Waals surface area contributed by atoms with E-state index >= 15 is 0 Å². The molecule has 0 radical (unpaired) electrons. The van der Waals surface area contributed by atoms with Crippen LogP contribution >= 0.6 is 0 Å². The smallest absolute Gasteiger partial charge is 0.306 e. The van der Waals surface area contributed by atoms with Crippen molar-refractivity contribution in [1.82, 2.24) is 0 Å². The molecule has 6 heteroatoms. The first-order valence-electron chi connectivity index (χ1n) is 31.2. The molecule has 74 heavy (non-hydrogen) atoms. The van der Waals surface area contributed by atoms with Crippen LogP contribution in [0.1, 0.15) is 297 Å². The van der Waals surface area contributed by atoms with E-state index in [-0.39, 0.29) is 31.1 Å². The van der Waals surface area contributed by atoms with Gasteiger partial charge in [-0.3, -0.25) is 14.4 Å². The molecule has 0 fully saturated rings. The molecule has 0 aliphatic rings. The second-order valence-electron chi connectivity index (χ2n) is 20.6. The third-order valence-electron chi connectivity index (χ3n) is 13.3. The van der Waals surface area contributed by atoms with Crippen LogP contribution in [-0.2, 0) is 28.6 Å². The van der Waals surface area contributed by atoms with Crippen molar-refractivity contribution < 1.29 is 28.6 Å². The van der Waals surface area contributed by atoms with Crippen LogP contribution in [-0.4, -0.2) is 37.2 Å². The summed E-state index contributed by atoms with van der Waals surface area (Å²) in [7, 11) is 0. The van der Waals surface area contributed by atoms with Gasteiger partial charge in [-0.15, -0.1) is 0 Å². The summed E-state index contributed by atoms with van der Waals surface area (Å²) in [6.45, 7) is 6.49. The summed E-state index contributed by atoms with van der Waals surface area (Å²) >= 11 is 0. The Hall–Kier alpha value is -3.67. The van der Waals surface area contributed by atoms with Crippen molar-refractivity contribution in [1.29, 1.82) is 0 Å². The summed E-state index contributed by atoms with van der Waals surface area (Å²) in [6.07, 6.45) is 82.8. The second-order valence-corrected chi connectivity index (χ2v) is 20.6. The second kappa shape index (κ2) is 61.9. The van der Waals surface area contributed by atoms with Crippen LogP contribution in [0.3, 0.4) is 0 Å². The van der Waals surface area contributed by atoms with E-state index in [9.17, 15) is 14.4 Å². The number of rotatable bonds is 56. The van der Waals surface area contributed by atoms with E-state index in [1.54, 1.807) is 0 Å². The van der Waals surface area contributed by atoms with Crippen LogP contribution in [0, 0.1) is 0 Å². The first kappa shape index (κ1) is 70.3. The number of hydrogen-bond donors (Lipinski definition) is 0. The predicted octanol–water partition coefficient (Wildman–Crippen LogP) is 21.3. The molecule has 0 N–H and O–H groups in total. The minimum atomic E-state index is -0.784. The van der Waals surface area contributed by atoms with Crippen LogP contribution in [0.2, 0.25) is 0 Å². The highest BCUT2D eigenvalue weighted by atomic mass is 16.6. The lowest BCUT2D eigenvalue weighted by Crippen LogP contribution is -2.30. The van der Waals surface area contributed by atoms with Gasteiger partial charge in [-0.1, -0.05) is 272 Å². The van der Waals surface area contributed by atoms with E-state index < -0.39 is 6.10 Å².